The van der Waals surface area contributed by atoms with Gasteiger partial charge in [-0.3, -0.25) is 0 Å². The molecule has 0 saturated heterocycles. The Morgan fingerprint density at radius 1 is 1.64 bits per heavy atom. The van der Waals surface area contributed by atoms with E-state index in [1.54, 1.807) is 6.92 Å². The zero-order valence-electron chi connectivity index (χ0n) is 7.65. The van der Waals surface area contributed by atoms with Gasteiger partial charge in [-0.25, -0.2) is 4.79 Å². The molecule has 1 rings (SSSR count). The molecule has 4 heteroatoms. The van der Waals surface area contributed by atoms with Crippen LogP contribution >= 0.6 is 0 Å². The molecule has 1 aromatic rings. The summed E-state index contributed by atoms with van der Waals surface area (Å²) in [5, 5.41) is 18.1. The average molecular weight is 191 g/mol. The number of hydrogen-bond donors (Lipinski definition) is 1. The predicted octanol–water partition coefficient (Wildman–Crippen LogP) is 1.44. The van der Waals surface area contributed by atoms with Crippen molar-refractivity contribution in [3.05, 3.63) is 29.3 Å². The molecule has 0 unspecified atom stereocenters. The van der Waals surface area contributed by atoms with Crippen molar-refractivity contribution < 1.29 is 14.6 Å². The smallest absolute Gasteiger partial charge is 0.343 e. The van der Waals surface area contributed by atoms with Crippen LogP contribution in [0.4, 0.5) is 0 Å². The molecule has 72 valence electrons. The van der Waals surface area contributed by atoms with E-state index in [0.717, 1.165) is 0 Å². The highest BCUT2D eigenvalue weighted by atomic mass is 16.5. The van der Waals surface area contributed by atoms with E-state index in [1.165, 1.54) is 18.2 Å². The molecule has 4 nitrogen and oxygen atoms in total. The Bertz CT molecular complexity index is 393. The molecule has 1 N–H and O–H groups in total. The molecule has 0 spiro atoms. The van der Waals surface area contributed by atoms with Crippen LogP contribution in [0, 0.1) is 11.3 Å². The maximum absolute atomic E-state index is 11.3. The maximum Gasteiger partial charge on any atom is 0.343 e. The van der Waals surface area contributed by atoms with Crippen LogP contribution < -0.4 is 0 Å². The number of carbonyl (C=O) groups excluding carboxylic acids is 1. The fourth-order valence-electron chi connectivity index (χ4n) is 1.05. The van der Waals surface area contributed by atoms with E-state index >= 15 is 0 Å². The topological polar surface area (TPSA) is 70.3 Å². The Labute approximate surface area is 81.4 Å². The molecule has 0 amide bonds. The van der Waals surface area contributed by atoms with Gasteiger partial charge in [0.15, 0.2) is 0 Å². The van der Waals surface area contributed by atoms with Crippen LogP contribution in [-0.2, 0) is 4.74 Å². The van der Waals surface area contributed by atoms with E-state index in [2.05, 4.69) is 0 Å². The summed E-state index contributed by atoms with van der Waals surface area (Å²) in [6, 6.07) is 6.10. The molecular weight excluding hydrogens is 182 g/mol. The number of carbonyl (C=O) groups is 1. The van der Waals surface area contributed by atoms with Crippen LogP contribution in [0.1, 0.15) is 22.8 Å². The van der Waals surface area contributed by atoms with Gasteiger partial charge in [0.1, 0.15) is 17.4 Å². The first kappa shape index (κ1) is 10.1. The van der Waals surface area contributed by atoms with E-state index in [-0.39, 0.29) is 23.5 Å². The number of aromatic hydroxyl groups is 1. The summed E-state index contributed by atoms with van der Waals surface area (Å²) in [7, 11) is 0. The van der Waals surface area contributed by atoms with Crippen LogP contribution in [0.25, 0.3) is 0 Å². The molecule has 0 aliphatic rings. The predicted molar refractivity (Wildman–Crippen MR) is 48.8 cm³/mol. The lowest BCUT2D eigenvalue weighted by molar-refractivity contribution is 0.0522. The Morgan fingerprint density at radius 2 is 2.36 bits per heavy atom. The largest absolute Gasteiger partial charge is 0.507 e. The molecule has 0 bridgehead atoms. The van der Waals surface area contributed by atoms with Gasteiger partial charge in [-0.15, -0.1) is 0 Å². The zero-order valence-corrected chi connectivity index (χ0v) is 7.65. The number of phenolic OH excluding ortho intramolecular Hbond substituents is 1. The highest BCUT2D eigenvalue weighted by Gasteiger charge is 2.16. The molecule has 0 radical (unpaired) electrons. The molecule has 0 fully saturated rings. The van der Waals surface area contributed by atoms with E-state index in [4.69, 9.17) is 10.00 Å². The third kappa shape index (κ3) is 1.83. The van der Waals surface area contributed by atoms with E-state index in [0.29, 0.717) is 0 Å². The second-order valence-electron chi connectivity index (χ2n) is 2.53. The normalized spacial score (nSPS) is 9.14. The Balaban J connectivity index is 3.18. The van der Waals surface area contributed by atoms with Crippen molar-refractivity contribution in [3.8, 4) is 11.8 Å². The quantitative estimate of drug-likeness (QED) is 0.718. The number of nitriles is 1. The highest BCUT2D eigenvalue weighted by molar-refractivity contribution is 5.95. The minimum Gasteiger partial charge on any atom is -0.507 e. The molecular formula is C10H9NO3. The summed E-state index contributed by atoms with van der Waals surface area (Å²) in [6.07, 6.45) is 0. The minimum atomic E-state index is -0.679. The van der Waals surface area contributed by atoms with Gasteiger partial charge in [-0.2, -0.15) is 5.26 Å². The zero-order chi connectivity index (χ0) is 10.6. The molecule has 14 heavy (non-hydrogen) atoms. The summed E-state index contributed by atoms with van der Waals surface area (Å²) < 4.78 is 4.70. The third-order valence-electron chi connectivity index (χ3n) is 1.64. The van der Waals surface area contributed by atoms with Crippen molar-refractivity contribution in [2.45, 2.75) is 6.92 Å². The molecule has 0 aliphatic heterocycles. The molecule has 0 heterocycles. The van der Waals surface area contributed by atoms with Crippen LogP contribution in [0.5, 0.6) is 5.75 Å². The second kappa shape index (κ2) is 4.28. The van der Waals surface area contributed by atoms with Crippen molar-refractivity contribution in [1.82, 2.24) is 0 Å². The SMILES string of the molecule is CCOC(=O)c1c(O)cccc1C#N. The molecule has 1 aromatic carbocycles. The number of hydrogen-bond acceptors (Lipinski definition) is 4. The summed E-state index contributed by atoms with van der Waals surface area (Å²) in [4.78, 5) is 11.3. The number of nitrogens with zero attached hydrogens (tertiary/aromatic N) is 1. The van der Waals surface area contributed by atoms with E-state index in [1.807, 2.05) is 6.07 Å². The first-order valence-electron chi connectivity index (χ1n) is 4.10. The summed E-state index contributed by atoms with van der Waals surface area (Å²) in [5.74, 6) is -0.912. The first-order valence-corrected chi connectivity index (χ1v) is 4.10. The van der Waals surface area contributed by atoms with Crippen molar-refractivity contribution in [3.63, 3.8) is 0 Å². The monoisotopic (exact) mass is 191 g/mol. The highest BCUT2D eigenvalue weighted by Crippen LogP contribution is 2.21. The Morgan fingerprint density at radius 3 is 2.93 bits per heavy atom. The lowest BCUT2D eigenvalue weighted by atomic mass is 10.1. The van der Waals surface area contributed by atoms with Crippen molar-refractivity contribution >= 4 is 5.97 Å². The summed E-state index contributed by atoms with van der Waals surface area (Å²) in [5.41, 5.74) is 0.0419. The summed E-state index contributed by atoms with van der Waals surface area (Å²) in [6.45, 7) is 1.86. The van der Waals surface area contributed by atoms with Gasteiger partial charge < -0.3 is 9.84 Å². The van der Waals surface area contributed by atoms with Crippen LogP contribution in [0.15, 0.2) is 18.2 Å². The van der Waals surface area contributed by atoms with Gasteiger partial charge in [-0.1, -0.05) is 6.07 Å². The van der Waals surface area contributed by atoms with Crippen molar-refractivity contribution in [1.29, 1.82) is 5.26 Å². The number of rotatable bonds is 2. The van der Waals surface area contributed by atoms with Gasteiger partial charge in [0, 0.05) is 0 Å². The number of phenols is 1. The van der Waals surface area contributed by atoms with E-state index < -0.39 is 5.97 Å². The van der Waals surface area contributed by atoms with Crippen molar-refractivity contribution in [2.24, 2.45) is 0 Å². The minimum absolute atomic E-state index is 0.0724. The first-order chi connectivity index (χ1) is 6.70. The lowest BCUT2D eigenvalue weighted by Crippen LogP contribution is -2.07. The fourth-order valence-corrected chi connectivity index (χ4v) is 1.05. The standard InChI is InChI=1S/C10H9NO3/c1-2-14-10(13)9-7(6-11)4-3-5-8(9)12/h3-5,12H,2H2,1H3. The summed E-state index contributed by atoms with van der Waals surface area (Å²) >= 11 is 0. The van der Waals surface area contributed by atoms with Gasteiger partial charge in [0.25, 0.3) is 0 Å². The lowest BCUT2D eigenvalue weighted by Gasteiger charge is -2.05. The van der Waals surface area contributed by atoms with Gasteiger partial charge in [0.2, 0.25) is 0 Å². The molecule has 0 aliphatic carbocycles. The fraction of sp³-hybridized carbons (Fsp3) is 0.200. The van der Waals surface area contributed by atoms with Crippen molar-refractivity contribution in [2.75, 3.05) is 6.61 Å². The maximum atomic E-state index is 11.3. The third-order valence-corrected chi connectivity index (χ3v) is 1.64. The molecule has 0 atom stereocenters. The Kier molecular flexibility index (Phi) is 3.08. The van der Waals surface area contributed by atoms with Crippen LogP contribution in [0.3, 0.4) is 0 Å². The average Bonchev–Trinajstić information content (AvgIpc) is 2.17. The van der Waals surface area contributed by atoms with Gasteiger partial charge >= 0.3 is 5.97 Å². The second-order valence-corrected chi connectivity index (χ2v) is 2.53. The number of esters is 1. The molecule has 0 aromatic heterocycles. The number of benzene rings is 1. The van der Waals surface area contributed by atoms with Crippen LogP contribution in [-0.4, -0.2) is 17.7 Å². The van der Waals surface area contributed by atoms with E-state index in [9.17, 15) is 9.90 Å². The Hall–Kier alpha value is -2.02. The van der Waals surface area contributed by atoms with Gasteiger partial charge in [0.05, 0.1) is 12.2 Å². The van der Waals surface area contributed by atoms with Crippen LogP contribution in [0.2, 0.25) is 0 Å². The molecule has 0 saturated carbocycles. The van der Waals surface area contributed by atoms with Gasteiger partial charge in [-0.05, 0) is 19.1 Å². The number of ether oxygens (including phenoxy) is 1.